The van der Waals surface area contributed by atoms with Gasteiger partial charge in [0.05, 0.1) is 33.0 Å². The Labute approximate surface area is 182 Å². The summed E-state index contributed by atoms with van der Waals surface area (Å²) in [4.78, 5) is 20.3. The third-order valence-electron chi connectivity index (χ3n) is 4.90. The van der Waals surface area contributed by atoms with Crippen molar-refractivity contribution in [1.29, 1.82) is 5.26 Å². The van der Waals surface area contributed by atoms with E-state index in [1.54, 1.807) is 0 Å². The minimum atomic E-state index is 0.0166. The van der Waals surface area contributed by atoms with Crippen LogP contribution in [0.2, 0.25) is 4.34 Å². The molecule has 0 aliphatic carbocycles. The molecule has 0 spiro atoms. The van der Waals surface area contributed by atoms with Gasteiger partial charge in [-0.1, -0.05) is 11.6 Å². The Kier molecular flexibility index (Phi) is 6.14. The summed E-state index contributed by atoms with van der Waals surface area (Å²) >= 11 is 9.02. The number of thiazole rings is 1. The number of hydrogen-bond donors (Lipinski definition) is 1. The van der Waals surface area contributed by atoms with Gasteiger partial charge in [-0.15, -0.1) is 22.7 Å². The highest BCUT2D eigenvalue weighted by atomic mass is 35.5. The molecule has 1 amide bonds. The number of aromatic nitrogens is 1. The molecule has 1 saturated heterocycles. The standard InChI is InChI=1S/C21H19ClN4OS2/c22-19-6-5-18(29-19)21-25-16(13-28-21)11-20(27)24-15-7-9-26(10-8-15)17-3-1-14(12-23)2-4-17/h1-6,13,15H,7-11H2,(H,24,27). The first kappa shape index (κ1) is 19.9. The van der Waals surface area contributed by atoms with Crippen molar-refractivity contribution >= 4 is 45.9 Å². The lowest BCUT2D eigenvalue weighted by molar-refractivity contribution is -0.121. The van der Waals surface area contributed by atoms with Crippen molar-refractivity contribution in [2.75, 3.05) is 18.0 Å². The van der Waals surface area contributed by atoms with Gasteiger partial charge >= 0.3 is 0 Å². The van der Waals surface area contributed by atoms with E-state index in [2.05, 4.69) is 21.3 Å². The normalized spacial score (nSPS) is 14.6. The van der Waals surface area contributed by atoms with Crippen molar-refractivity contribution in [3.8, 4) is 16.0 Å². The molecule has 0 atom stereocenters. The maximum atomic E-state index is 12.4. The Balaban J connectivity index is 1.27. The zero-order chi connectivity index (χ0) is 20.2. The summed E-state index contributed by atoms with van der Waals surface area (Å²) in [6.45, 7) is 1.77. The van der Waals surface area contributed by atoms with Gasteiger partial charge < -0.3 is 10.2 Å². The second-order valence-corrected chi connectivity index (χ2v) is 9.49. The number of anilines is 1. The number of carbonyl (C=O) groups excluding carboxylic acids is 1. The summed E-state index contributed by atoms with van der Waals surface area (Å²) in [6, 6.07) is 13.8. The van der Waals surface area contributed by atoms with Crippen LogP contribution in [-0.4, -0.2) is 30.0 Å². The highest BCUT2D eigenvalue weighted by Crippen LogP contribution is 2.33. The van der Waals surface area contributed by atoms with Crippen LogP contribution in [0.25, 0.3) is 9.88 Å². The van der Waals surface area contributed by atoms with Gasteiger partial charge in [-0.25, -0.2) is 4.98 Å². The number of thiophene rings is 1. The van der Waals surface area contributed by atoms with Gasteiger partial charge in [0.1, 0.15) is 5.01 Å². The van der Waals surface area contributed by atoms with Gasteiger partial charge in [0.15, 0.2) is 0 Å². The molecule has 1 N–H and O–H groups in total. The van der Waals surface area contributed by atoms with Gasteiger partial charge in [0.2, 0.25) is 5.91 Å². The number of nitrogens with one attached hydrogen (secondary N) is 1. The summed E-state index contributed by atoms with van der Waals surface area (Å²) in [5, 5.41) is 14.9. The third kappa shape index (κ3) is 4.96. The Bertz CT molecular complexity index is 1030. The number of nitrogens with zero attached hydrogens (tertiary/aromatic N) is 3. The number of hydrogen-bond acceptors (Lipinski definition) is 6. The molecule has 29 heavy (non-hydrogen) atoms. The molecule has 1 aliphatic heterocycles. The zero-order valence-electron chi connectivity index (χ0n) is 15.6. The number of nitriles is 1. The topological polar surface area (TPSA) is 69.0 Å². The first-order valence-corrected chi connectivity index (χ1v) is 11.4. The number of benzene rings is 1. The predicted octanol–water partition coefficient (Wildman–Crippen LogP) is 4.72. The van der Waals surface area contributed by atoms with Crippen LogP contribution >= 0.6 is 34.3 Å². The SMILES string of the molecule is N#Cc1ccc(N2CCC(NC(=O)Cc3csc(-c4ccc(Cl)s4)n3)CC2)cc1. The molecular formula is C21H19ClN4OS2. The first-order chi connectivity index (χ1) is 14.1. The number of rotatable bonds is 5. The molecule has 148 valence electrons. The van der Waals surface area contributed by atoms with E-state index in [0.717, 1.165) is 51.5 Å². The fourth-order valence-electron chi connectivity index (χ4n) is 3.40. The third-order valence-corrected chi connectivity index (χ3v) is 7.19. The minimum Gasteiger partial charge on any atom is -0.371 e. The molecule has 0 saturated carbocycles. The molecule has 0 unspecified atom stereocenters. The summed E-state index contributed by atoms with van der Waals surface area (Å²) in [7, 11) is 0. The van der Waals surface area contributed by atoms with E-state index >= 15 is 0 Å². The van der Waals surface area contributed by atoms with Crippen LogP contribution in [-0.2, 0) is 11.2 Å². The molecule has 1 aromatic carbocycles. The van der Waals surface area contributed by atoms with Crippen molar-refractivity contribution in [3.05, 3.63) is 57.4 Å². The molecule has 0 bridgehead atoms. The van der Waals surface area contributed by atoms with Crippen LogP contribution in [0.1, 0.15) is 24.1 Å². The molecule has 4 rings (SSSR count). The van der Waals surface area contributed by atoms with Crippen molar-refractivity contribution in [2.24, 2.45) is 0 Å². The highest BCUT2D eigenvalue weighted by molar-refractivity contribution is 7.23. The average Bonchev–Trinajstić information content (AvgIpc) is 3.37. The van der Waals surface area contributed by atoms with Gasteiger partial charge in [-0.3, -0.25) is 4.79 Å². The predicted molar refractivity (Wildman–Crippen MR) is 119 cm³/mol. The Hall–Kier alpha value is -2.40. The molecule has 5 nitrogen and oxygen atoms in total. The first-order valence-electron chi connectivity index (χ1n) is 9.35. The van der Waals surface area contributed by atoms with E-state index < -0.39 is 0 Å². The van der Waals surface area contributed by atoms with E-state index in [-0.39, 0.29) is 11.9 Å². The minimum absolute atomic E-state index is 0.0166. The van der Waals surface area contributed by atoms with Gasteiger partial charge in [0.25, 0.3) is 0 Å². The van der Waals surface area contributed by atoms with Gasteiger partial charge in [-0.05, 0) is 49.2 Å². The smallest absolute Gasteiger partial charge is 0.226 e. The lowest BCUT2D eigenvalue weighted by Crippen LogP contribution is -2.45. The Morgan fingerprint density at radius 3 is 2.66 bits per heavy atom. The van der Waals surface area contributed by atoms with E-state index in [0.29, 0.717) is 12.0 Å². The van der Waals surface area contributed by atoms with Gasteiger partial charge in [0, 0.05) is 30.2 Å². The number of halogens is 1. The Morgan fingerprint density at radius 1 is 1.24 bits per heavy atom. The molecule has 0 radical (unpaired) electrons. The van der Waals surface area contributed by atoms with E-state index in [1.165, 1.54) is 22.7 Å². The summed E-state index contributed by atoms with van der Waals surface area (Å²) in [5.41, 5.74) is 2.59. The quantitative estimate of drug-likeness (QED) is 0.620. The van der Waals surface area contributed by atoms with Gasteiger partial charge in [-0.2, -0.15) is 5.26 Å². The van der Waals surface area contributed by atoms with Crippen LogP contribution in [0.5, 0.6) is 0 Å². The van der Waals surface area contributed by atoms with Crippen LogP contribution in [0, 0.1) is 11.3 Å². The summed E-state index contributed by atoms with van der Waals surface area (Å²) in [6.07, 6.45) is 2.11. The lowest BCUT2D eigenvalue weighted by Gasteiger charge is -2.34. The average molecular weight is 443 g/mol. The van der Waals surface area contributed by atoms with Crippen LogP contribution < -0.4 is 10.2 Å². The molecule has 8 heteroatoms. The fourth-order valence-corrected chi connectivity index (χ4v) is 5.34. The molecule has 2 aromatic heterocycles. The van der Waals surface area contributed by atoms with E-state index in [1.807, 2.05) is 41.8 Å². The monoisotopic (exact) mass is 442 g/mol. The van der Waals surface area contributed by atoms with Crippen LogP contribution in [0.4, 0.5) is 5.69 Å². The highest BCUT2D eigenvalue weighted by Gasteiger charge is 2.21. The maximum Gasteiger partial charge on any atom is 0.226 e. The van der Waals surface area contributed by atoms with Crippen molar-refractivity contribution in [1.82, 2.24) is 10.3 Å². The van der Waals surface area contributed by atoms with Crippen LogP contribution in [0.3, 0.4) is 0 Å². The van der Waals surface area contributed by atoms with E-state index in [4.69, 9.17) is 16.9 Å². The lowest BCUT2D eigenvalue weighted by atomic mass is 10.0. The largest absolute Gasteiger partial charge is 0.371 e. The maximum absolute atomic E-state index is 12.4. The second kappa shape index (κ2) is 8.95. The van der Waals surface area contributed by atoms with Crippen molar-refractivity contribution in [2.45, 2.75) is 25.3 Å². The zero-order valence-corrected chi connectivity index (χ0v) is 18.0. The van der Waals surface area contributed by atoms with E-state index in [9.17, 15) is 4.79 Å². The second-order valence-electron chi connectivity index (χ2n) is 6.91. The van der Waals surface area contributed by atoms with Crippen molar-refractivity contribution < 1.29 is 4.79 Å². The summed E-state index contributed by atoms with van der Waals surface area (Å²) in [5.74, 6) is 0.0166. The molecule has 1 fully saturated rings. The number of carbonyl (C=O) groups is 1. The number of piperidine rings is 1. The molecule has 1 aliphatic rings. The molecule has 3 heterocycles. The molecule has 3 aromatic rings. The molecular weight excluding hydrogens is 424 g/mol. The summed E-state index contributed by atoms with van der Waals surface area (Å²) < 4.78 is 0.738. The van der Waals surface area contributed by atoms with Crippen LogP contribution in [0.15, 0.2) is 41.8 Å². The fraction of sp³-hybridized carbons (Fsp3) is 0.286. The number of amides is 1. The Morgan fingerprint density at radius 2 is 2.00 bits per heavy atom. The van der Waals surface area contributed by atoms with Crippen molar-refractivity contribution in [3.63, 3.8) is 0 Å².